The van der Waals surface area contributed by atoms with Crippen LogP contribution in [0.3, 0.4) is 0 Å². The van der Waals surface area contributed by atoms with Crippen molar-refractivity contribution in [1.82, 2.24) is 4.90 Å². The Hall–Kier alpha value is -0.970. The van der Waals surface area contributed by atoms with Gasteiger partial charge in [-0.25, -0.2) is 4.39 Å². The number of ether oxygens (including phenoxy) is 1. The first-order chi connectivity index (χ1) is 9.72. The van der Waals surface area contributed by atoms with Crippen LogP contribution in [0.5, 0.6) is 0 Å². The zero-order valence-electron chi connectivity index (χ0n) is 11.7. The highest BCUT2D eigenvalue weighted by Crippen LogP contribution is 2.37. The maximum atomic E-state index is 13.4. The van der Waals surface area contributed by atoms with E-state index >= 15 is 0 Å². The Labute approximate surface area is 119 Å². The molecule has 3 unspecified atom stereocenters. The summed E-state index contributed by atoms with van der Waals surface area (Å²) in [7, 11) is 0. The number of fused-ring (bicyclic) bond motifs is 2. The number of halogens is 1. The summed E-state index contributed by atoms with van der Waals surface area (Å²) in [6, 6.07) is 7.26. The molecule has 2 bridgehead atoms. The van der Waals surface area contributed by atoms with Crippen LogP contribution in [0.2, 0.25) is 0 Å². The molecule has 1 N–H and O–H groups in total. The smallest absolute Gasteiger partial charge is 0.128 e. The number of aliphatic hydroxyl groups excluding tert-OH is 1. The summed E-state index contributed by atoms with van der Waals surface area (Å²) < 4.78 is 18.8. The quantitative estimate of drug-likeness (QED) is 0.866. The van der Waals surface area contributed by atoms with Gasteiger partial charge in [0.2, 0.25) is 0 Å². The minimum atomic E-state index is -0.485. The number of hydrogen-bond acceptors (Lipinski definition) is 3. The summed E-state index contributed by atoms with van der Waals surface area (Å²) in [5, 5.41) is 10.0. The SMILES string of the molecule is OC(COCc1ccccc1F)CN1CC2CCC1C2. The topological polar surface area (TPSA) is 32.7 Å². The van der Waals surface area contributed by atoms with Crippen molar-refractivity contribution in [3.8, 4) is 0 Å². The van der Waals surface area contributed by atoms with E-state index in [-0.39, 0.29) is 19.0 Å². The Balaban J connectivity index is 1.39. The third-order valence-corrected chi connectivity index (χ3v) is 4.49. The summed E-state index contributed by atoms with van der Waals surface area (Å²) in [4.78, 5) is 2.38. The van der Waals surface area contributed by atoms with Gasteiger partial charge in [-0.3, -0.25) is 4.90 Å². The zero-order valence-corrected chi connectivity index (χ0v) is 11.7. The van der Waals surface area contributed by atoms with Gasteiger partial charge < -0.3 is 9.84 Å². The Kier molecular flexibility index (Phi) is 4.34. The van der Waals surface area contributed by atoms with Crippen LogP contribution in [0.1, 0.15) is 24.8 Å². The van der Waals surface area contributed by atoms with Gasteiger partial charge in [-0.05, 0) is 31.2 Å². The van der Waals surface area contributed by atoms with Gasteiger partial charge in [0.15, 0.2) is 0 Å². The molecule has 3 atom stereocenters. The Morgan fingerprint density at radius 1 is 1.35 bits per heavy atom. The van der Waals surface area contributed by atoms with Gasteiger partial charge in [-0.15, -0.1) is 0 Å². The second-order valence-electron chi connectivity index (χ2n) is 6.05. The number of aliphatic hydroxyl groups is 1. The molecular weight excluding hydrogens is 257 g/mol. The molecular formula is C16H22FNO2. The second-order valence-corrected chi connectivity index (χ2v) is 6.05. The Bertz CT molecular complexity index is 454. The lowest BCUT2D eigenvalue weighted by Gasteiger charge is -2.28. The van der Waals surface area contributed by atoms with Gasteiger partial charge in [0.25, 0.3) is 0 Å². The van der Waals surface area contributed by atoms with Crippen LogP contribution in [0.15, 0.2) is 24.3 Å². The van der Waals surface area contributed by atoms with Gasteiger partial charge in [0.05, 0.1) is 19.3 Å². The van der Waals surface area contributed by atoms with E-state index in [0.29, 0.717) is 18.2 Å². The van der Waals surface area contributed by atoms with E-state index in [1.807, 2.05) is 0 Å². The predicted molar refractivity (Wildman–Crippen MR) is 74.8 cm³/mol. The standard InChI is InChI=1S/C16H22FNO2/c17-16-4-2-1-3-13(16)10-20-11-15(19)9-18-8-12-5-6-14(18)7-12/h1-4,12,14-15,19H,5-11H2. The molecule has 0 spiro atoms. The fourth-order valence-corrected chi connectivity index (χ4v) is 3.49. The van der Waals surface area contributed by atoms with Crippen LogP contribution in [0, 0.1) is 11.7 Å². The van der Waals surface area contributed by atoms with Crippen LogP contribution >= 0.6 is 0 Å². The minimum Gasteiger partial charge on any atom is -0.389 e. The molecule has 0 aromatic heterocycles. The van der Waals surface area contributed by atoms with Crippen molar-refractivity contribution < 1.29 is 14.2 Å². The number of piperidine rings is 1. The van der Waals surface area contributed by atoms with Crippen molar-refractivity contribution in [1.29, 1.82) is 0 Å². The zero-order chi connectivity index (χ0) is 13.9. The Morgan fingerprint density at radius 3 is 2.90 bits per heavy atom. The van der Waals surface area contributed by atoms with Gasteiger partial charge in [0, 0.05) is 24.7 Å². The summed E-state index contributed by atoms with van der Waals surface area (Å²) in [6.45, 7) is 2.28. The van der Waals surface area contributed by atoms with Crippen molar-refractivity contribution in [2.24, 2.45) is 5.92 Å². The van der Waals surface area contributed by atoms with Gasteiger partial charge in [0.1, 0.15) is 5.82 Å². The highest BCUT2D eigenvalue weighted by Gasteiger charge is 2.38. The number of benzene rings is 1. The van der Waals surface area contributed by atoms with Crippen LogP contribution in [0.25, 0.3) is 0 Å². The maximum absolute atomic E-state index is 13.4. The van der Waals surface area contributed by atoms with Gasteiger partial charge in [-0.1, -0.05) is 18.2 Å². The lowest BCUT2D eigenvalue weighted by Crippen LogP contribution is -2.39. The van der Waals surface area contributed by atoms with E-state index in [2.05, 4.69) is 4.90 Å². The number of β-amino-alcohol motifs (C(OH)–C–C–N with tert-alkyl or cyclic N) is 1. The molecule has 1 heterocycles. The van der Waals surface area contributed by atoms with Crippen molar-refractivity contribution >= 4 is 0 Å². The number of likely N-dealkylation sites (tertiary alicyclic amines) is 1. The Morgan fingerprint density at radius 2 is 2.20 bits per heavy atom. The number of nitrogens with zero attached hydrogens (tertiary/aromatic N) is 1. The normalized spacial score (nSPS) is 27.1. The van der Waals surface area contributed by atoms with Crippen molar-refractivity contribution in [3.63, 3.8) is 0 Å². The molecule has 1 aliphatic carbocycles. The maximum Gasteiger partial charge on any atom is 0.128 e. The third-order valence-electron chi connectivity index (χ3n) is 4.49. The van der Waals surface area contributed by atoms with E-state index in [0.717, 1.165) is 12.5 Å². The average Bonchev–Trinajstić information content (AvgIpc) is 3.03. The van der Waals surface area contributed by atoms with Crippen LogP contribution in [-0.4, -0.2) is 41.8 Å². The van der Waals surface area contributed by atoms with E-state index in [4.69, 9.17) is 4.74 Å². The highest BCUT2D eigenvalue weighted by atomic mass is 19.1. The van der Waals surface area contributed by atoms with Crippen LogP contribution in [-0.2, 0) is 11.3 Å². The summed E-state index contributed by atoms with van der Waals surface area (Å²) in [5.74, 6) is 0.588. The molecule has 3 nitrogen and oxygen atoms in total. The lowest BCUT2D eigenvalue weighted by molar-refractivity contribution is 0.00424. The molecule has 2 fully saturated rings. The van der Waals surface area contributed by atoms with Crippen molar-refractivity contribution in [2.75, 3.05) is 19.7 Å². The second kappa shape index (κ2) is 6.20. The fraction of sp³-hybridized carbons (Fsp3) is 0.625. The van der Waals surface area contributed by atoms with Gasteiger partial charge in [-0.2, -0.15) is 0 Å². The molecule has 1 aliphatic heterocycles. The van der Waals surface area contributed by atoms with Crippen LogP contribution < -0.4 is 0 Å². The van der Waals surface area contributed by atoms with E-state index < -0.39 is 6.10 Å². The summed E-state index contributed by atoms with van der Waals surface area (Å²) in [5.41, 5.74) is 0.542. The van der Waals surface area contributed by atoms with E-state index in [9.17, 15) is 9.50 Å². The fourth-order valence-electron chi connectivity index (χ4n) is 3.49. The average molecular weight is 279 g/mol. The molecule has 20 heavy (non-hydrogen) atoms. The van der Waals surface area contributed by atoms with Crippen molar-refractivity contribution in [2.45, 2.75) is 38.0 Å². The van der Waals surface area contributed by atoms with E-state index in [1.165, 1.54) is 25.3 Å². The third kappa shape index (κ3) is 3.19. The molecule has 1 saturated carbocycles. The largest absolute Gasteiger partial charge is 0.389 e. The molecule has 1 aromatic rings. The number of hydrogen-bond donors (Lipinski definition) is 1. The molecule has 0 radical (unpaired) electrons. The van der Waals surface area contributed by atoms with Gasteiger partial charge >= 0.3 is 0 Å². The summed E-state index contributed by atoms with van der Waals surface area (Å²) in [6.07, 6.45) is 3.43. The van der Waals surface area contributed by atoms with Crippen molar-refractivity contribution in [3.05, 3.63) is 35.6 Å². The molecule has 3 rings (SSSR count). The minimum absolute atomic E-state index is 0.218. The molecule has 0 amide bonds. The molecule has 2 aliphatic rings. The molecule has 4 heteroatoms. The first-order valence-corrected chi connectivity index (χ1v) is 7.45. The molecule has 1 saturated heterocycles. The monoisotopic (exact) mass is 279 g/mol. The van der Waals surface area contributed by atoms with E-state index in [1.54, 1.807) is 18.2 Å². The lowest BCUT2D eigenvalue weighted by atomic mass is 10.1. The first-order valence-electron chi connectivity index (χ1n) is 7.45. The predicted octanol–water partition coefficient (Wildman–Crippen LogP) is 2.19. The highest BCUT2D eigenvalue weighted by molar-refractivity contribution is 5.16. The molecule has 1 aromatic carbocycles. The number of rotatable bonds is 6. The first kappa shape index (κ1) is 14.0. The molecule has 110 valence electrons. The van der Waals surface area contributed by atoms with Crippen LogP contribution in [0.4, 0.5) is 4.39 Å². The summed E-state index contributed by atoms with van der Waals surface area (Å²) >= 11 is 0.